The minimum Gasteiger partial charge on any atom is -0.398 e. The lowest BCUT2D eigenvalue weighted by molar-refractivity contribution is -0.0270. The molecule has 7 heteroatoms. The van der Waals surface area contributed by atoms with Gasteiger partial charge in [-0.3, -0.25) is 0 Å². The van der Waals surface area contributed by atoms with Crippen molar-refractivity contribution in [3.63, 3.8) is 0 Å². The van der Waals surface area contributed by atoms with Gasteiger partial charge < -0.3 is 10.8 Å². The Morgan fingerprint density at radius 2 is 2.11 bits per heavy atom. The third-order valence-corrected chi connectivity index (χ3v) is 4.92. The number of sulfonamides is 1. The molecule has 0 bridgehead atoms. The van der Waals surface area contributed by atoms with Crippen LogP contribution in [0.3, 0.4) is 0 Å². The predicted molar refractivity (Wildman–Crippen MR) is 69.5 cm³/mol. The Hall–Kier alpha value is -1.18. The third-order valence-electron chi connectivity index (χ3n) is 3.54. The quantitative estimate of drug-likeness (QED) is 0.718. The Morgan fingerprint density at radius 3 is 2.58 bits per heavy atom. The van der Waals surface area contributed by atoms with Crippen molar-refractivity contribution in [1.82, 2.24) is 4.72 Å². The highest BCUT2D eigenvalue weighted by Crippen LogP contribution is 2.31. The fourth-order valence-electron chi connectivity index (χ4n) is 1.90. The van der Waals surface area contributed by atoms with Gasteiger partial charge in [0, 0.05) is 17.8 Å². The normalized spacial score (nSPS) is 18.1. The van der Waals surface area contributed by atoms with Crippen molar-refractivity contribution in [2.45, 2.75) is 36.7 Å². The van der Waals surface area contributed by atoms with E-state index in [1.807, 2.05) is 0 Å². The molecule has 0 atom stereocenters. The number of benzene rings is 1. The molecule has 1 aliphatic carbocycles. The summed E-state index contributed by atoms with van der Waals surface area (Å²) in [5.74, 6) is -0.664. The van der Waals surface area contributed by atoms with E-state index in [1.165, 1.54) is 13.0 Å². The molecule has 106 valence electrons. The minimum absolute atomic E-state index is 0.0647. The third kappa shape index (κ3) is 2.88. The van der Waals surface area contributed by atoms with Gasteiger partial charge >= 0.3 is 0 Å². The maximum absolute atomic E-state index is 13.5. The molecule has 5 nitrogen and oxygen atoms in total. The monoisotopic (exact) mass is 288 g/mol. The largest absolute Gasteiger partial charge is 0.398 e. The van der Waals surface area contributed by atoms with Crippen molar-refractivity contribution in [2.75, 3.05) is 12.3 Å². The SMILES string of the molecule is Cc1c(N)cc(S(=O)(=O)NCC2(O)CCC2)cc1F. The molecule has 2 rings (SSSR count). The van der Waals surface area contributed by atoms with Crippen LogP contribution < -0.4 is 10.5 Å². The van der Waals surface area contributed by atoms with Gasteiger partial charge in [-0.25, -0.2) is 17.5 Å². The van der Waals surface area contributed by atoms with Crippen molar-refractivity contribution in [1.29, 1.82) is 0 Å². The lowest BCUT2D eigenvalue weighted by atomic mass is 9.81. The molecule has 0 radical (unpaired) electrons. The second kappa shape index (κ2) is 4.73. The van der Waals surface area contributed by atoms with Gasteiger partial charge in [0.25, 0.3) is 0 Å². The van der Waals surface area contributed by atoms with Crippen LogP contribution in [-0.2, 0) is 10.0 Å². The molecule has 0 saturated heterocycles. The highest BCUT2D eigenvalue weighted by Gasteiger charge is 2.35. The number of nitrogens with two attached hydrogens (primary N) is 1. The van der Waals surface area contributed by atoms with Gasteiger partial charge in [-0.1, -0.05) is 0 Å². The zero-order chi connectivity index (χ0) is 14.3. The topological polar surface area (TPSA) is 92.4 Å². The highest BCUT2D eigenvalue weighted by molar-refractivity contribution is 7.89. The first-order valence-corrected chi connectivity index (χ1v) is 7.49. The average Bonchev–Trinajstić information content (AvgIpc) is 2.30. The van der Waals surface area contributed by atoms with Crippen LogP contribution in [-0.4, -0.2) is 25.7 Å². The summed E-state index contributed by atoms with van der Waals surface area (Å²) in [7, 11) is -3.86. The summed E-state index contributed by atoms with van der Waals surface area (Å²) in [6.07, 6.45) is 2.02. The maximum Gasteiger partial charge on any atom is 0.240 e. The molecule has 1 saturated carbocycles. The molecule has 1 aromatic rings. The first kappa shape index (κ1) is 14.2. The smallest absolute Gasteiger partial charge is 0.240 e. The molecule has 4 N–H and O–H groups in total. The Labute approximate surface area is 111 Å². The number of hydrogen-bond donors (Lipinski definition) is 3. The van der Waals surface area contributed by atoms with Gasteiger partial charge in [0.1, 0.15) is 5.82 Å². The van der Waals surface area contributed by atoms with E-state index >= 15 is 0 Å². The van der Waals surface area contributed by atoms with Gasteiger partial charge in [0.2, 0.25) is 10.0 Å². The zero-order valence-electron chi connectivity index (χ0n) is 10.6. The fourth-order valence-corrected chi connectivity index (χ4v) is 3.07. The summed E-state index contributed by atoms with van der Waals surface area (Å²) < 4.78 is 39.8. The number of nitrogens with one attached hydrogen (secondary N) is 1. The highest BCUT2D eigenvalue weighted by atomic mass is 32.2. The van der Waals surface area contributed by atoms with Crippen molar-refractivity contribution in [3.05, 3.63) is 23.5 Å². The number of rotatable bonds is 4. The van der Waals surface area contributed by atoms with Crippen molar-refractivity contribution < 1.29 is 17.9 Å². The molecule has 0 aliphatic heterocycles. The lowest BCUT2D eigenvalue weighted by Gasteiger charge is -2.36. The molecule has 0 aromatic heterocycles. The molecule has 1 aromatic carbocycles. The zero-order valence-corrected chi connectivity index (χ0v) is 11.4. The summed E-state index contributed by atoms with van der Waals surface area (Å²) in [5, 5.41) is 9.85. The summed E-state index contributed by atoms with van der Waals surface area (Å²) in [4.78, 5) is -0.226. The first-order valence-electron chi connectivity index (χ1n) is 6.01. The van der Waals surface area contributed by atoms with E-state index in [1.54, 1.807) is 0 Å². The van der Waals surface area contributed by atoms with Crippen LogP contribution in [0.1, 0.15) is 24.8 Å². The molecular weight excluding hydrogens is 271 g/mol. The summed E-state index contributed by atoms with van der Waals surface area (Å²) in [5.41, 5.74) is 4.89. The van der Waals surface area contributed by atoms with Crippen LogP contribution in [0, 0.1) is 12.7 Å². The van der Waals surface area contributed by atoms with Crippen LogP contribution in [0.15, 0.2) is 17.0 Å². The second-order valence-corrected chi connectivity index (χ2v) is 6.79. The van der Waals surface area contributed by atoms with Crippen LogP contribution in [0.4, 0.5) is 10.1 Å². The first-order chi connectivity index (χ1) is 8.73. The van der Waals surface area contributed by atoms with Crippen molar-refractivity contribution >= 4 is 15.7 Å². The molecule has 0 amide bonds. The van der Waals surface area contributed by atoms with Crippen LogP contribution in [0.2, 0.25) is 0 Å². The standard InChI is InChI=1S/C12H17FN2O3S/c1-8-10(13)5-9(6-11(8)14)19(17,18)15-7-12(16)3-2-4-12/h5-6,15-16H,2-4,7,14H2,1H3. The van der Waals surface area contributed by atoms with E-state index in [0.29, 0.717) is 12.8 Å². The predicted octanol–water partition coefficient (Wildman–Crippen LogP) is 0.910. The number of halogens is 1. The fraction of sp³-hybridized carbons (Fsp3) is 0.500. The van der Waals surface area contributed by atoms with Crippen molar-refractivity contribution in [3.8, 4) is 0 Å². The molecule has 0 unspecified atom stereocenters. The Bertz CT molecular complexity index is 574. The molecular formula is C12H17FN2O3S. The number of nitrogen functional groups attached to an aromatic ring is 1. The van der Waals surface area contributed by atoms with Gasteiger partial charge in [0.05, 0.1) is 10.5 Å². The van der Waals surface area contributed by atoms with Crippen LogP contribution in [0.5, 0.6) is 0 Å². The van der Waals surface area contributed by atoms with Crippen LogP contribution in [0.25, 0.3) is 0 Å². The average molecular weight is 288 g/mol. The van der Waals surface area contributed by atoms with Gasteiger partial charge in [-0.05, 0) is 38.3 Å². The molecule has 0 heterocycles. The number of hydrogen-bond acceptors (Lipinski definition) is 4. The summed E-state index contributed by atoms with van der Waals surface area (Å²) in [6, 6.07) is 2.14. The summed E-state index contributed by atoms with van der Waals surface area (Å²) in [6.45, 7) is 1.41. The molecule has 1 aliphatic rings. The van der Waals surface area contributed by atoms with E-state index in [-0.39, 0.29) is 22.7 Å². The van der Waals surface area contributed by atoms with E-state index in [0.717, 1.165) is 12.5 Å². The van der Waals surface area contributed by atoms with E-state index in [4.69, 9.17) is 5.73 Å². The molecule has 19 heavy (non-hydrogen) atoms. The van der Waals surface area contributed by atoms with E-state index < -0.39 is 21.4 Å². The lowest BCUT2D eigenvalue weighted by Crippen LogP contribution is -2.47. The van der Waals surface area contributed by atoms with Gasteiger partial charge in [-0.15, -0.1) is 0 Å². The van der Waals surface area contributed by atoms with Crippen molar-refractivity contribution in [2.24, 2.45) is 0 Å². The van der Waals surface area contributed by atoms with Gasteiger partial charge in [-0.2, -0.15) is 0 Å². The molecule has 1 fully saturated rings. The Balaban J connectivity index is 2.19. The van der Waals surface area contributed by atoms with E-state index in [9.17, 15) is 17.9 Å². The Kier molecular flexibility index (Phi) is 3.55. The molecule has 0 spiro atoms. The number of anilines is 1. The van der Waals surface area contributed by atoms with Gasteiger partial charge in [0.15, 0.2) is 0 Å². The Morgan fingerprint density at radius 1 is 1.47 bits per heavy atom. The maximum atomic E-state index is 13.5. The number of aliphatic hydroxyl groups is 1. The summed E-state index contributed by atoms with van der Waals surface area (Å²) >= 11 is 0. The second-order valence-electron chi connectivity index (χ2n) is 5.02. The minimum atomic E-state index is -3.86. The van der Waals surface area contributed by atoms with Crippen LogP contribution >= 0.6 is 0 Å². The van der Waals surface area contributed by atoms with E-state index in [2.05, 4.69) is 4.72 Å².